The number of nitrogens with one attached hydrogen (secondary N) is 1. The minimum absolute atomic E-state index is 0.0318. The molecule has 0 bridgehead atoms. The lowest BCUT2D eigenvalue weighted by molar-refractivity contribution is -0.122. The third-order valence-corrected chi connectivity index (χ3v) is 3.33. The van der Waals surface area contributed by atoms with E-state index in [0.29, 0.717) is 13.0 Å². The number of rotatable bonds is 5. The Morgan fingerprint density at radius 1 is 1.45 bits per heavy atom. The van der Waals surface area contributed by atoms with Crippen LogP contribution in [-0.4, -0.2) is 35.9 Å². The highest BCUT2D eigenvalue weighted by Gasteiger charge is 2.17. The van der Waals surface area contributed by atoms with E-state index < -0.39 is 0 Å². The highest BCUT2D eigenvalue weighted by Crippen LogP contribution is 2.20. The van der Waals surface area contributed by atoms with E-state index in [-0.39, 0.29) is 11.9 Å². The second-order valence-corrected chi connectivity index (χ2v) is 4.82. The molecule has 0 spiro atoms. The van der Waals surface area contributed by atoms with E-state index in [0.717, 1.165) is 17.0 Å². The Balaban J connectivity index is 1.93. The first-order valence-corrected chi connectivity index (χ1v) is 6.49. The van der Waals surface area contributed by atoms with Gasteiger partial charge in [0.25, 0.3) is 0 Å². The van der Waals surface area contributed by atoms with Crippen molar-refractivity contribution in [2.75, 3.05) is 0 Å². The van der Waals surface area contributed by atoms with Crippen LogP contribution < -0.4 is 5.32 Å². The molecule has 8 nitrogen and oxygen atoms in total. The van der Waals surface area contributed by atoms with E-state index in [1.807, 2.05) is 32.5 Å². The molecule has 1 atom stereocenters. The number of aryl methyl sites for hydroxylation is 3. The smallest absolute Gasteiger partial charge is 0.222 e. The van der Waals surface area contributed by atoms with E-state index >= 15 is 0 Å². The lowest BCUT2D eigenvalue weighted by Crippen LogP contribution is -2.28. The molecule has 2 aromatic rings. The minimum Gasteiger partial charge on any atom is -0.349 e. The summed E-state index contributed by atoms with van der Waals surface area (Å²) >= 11 is 0. The van der Waals surface area contributed by atoms with Gasteiger partial charge in [-0.1, -0.05) is 0 Å². The molecule has 1 amide bonds. The fourth-order valence-corrected chi connectivity index (χ4v) is 2.30. The van der Waals surface area contributed by atoms with Gasteiger partial charge >= 0.3 is 0 Å². The van der Waals surface area contributed by atoms with Crippen molar-refractivity contribution in [1.29, 1.82) is 0 Å². The molecule has 0 unspecified atom stereocenters. The maximum Gasteiger partial charge on any atom is 0.222 e. The highest BCUT2D eigenvalue weighted by atomic mass is 16.1. The van der Waals surface area contributed by atoms with Gasteiger partial charge in [0.05, 0.1) is 18.3 Å². The largest absolute Gasteiger partial charge is 0.349 e. The fraction of sp³-hybridized carbons (Fsp3) is 0.583. The Hall–Kier alpha value is -2.25. The maximum absolute atomic E-state index is 11.9. The molecule has 108 valence electrons. The lowest BCUT2D eigenvalue weighted by Gasteiger charge is -2.14. The fourth-order valence-electron chi connectivity index (χ4n) is 2.30. The normalized spacial score (nSPS) is 12.4. The van der Waals surface area contributed by atoms with Gasteiger partial charge < -0.3 is 5.32 Å². The van der Waals surface area contributed by atoms with Crippen LogP contribution in [0, 0.1) is 13.8 Å². The molecule has 0 aliphatic carbocycles. The van der Waals surface area contributed by atoms with Crippen LogP contribution in [0.1, 0.15) is 36.3 Å². The van der Waals surface area contributed by atoms with Crippen LogP contribution in [0.5, 0.6) is 0 Å². The number of carbonyl (C=O) groups excluding carboxylic acids is 1. The van der Waals surface area contributed by atoms with Crippen molar-refractivity contribution in [2.45, 2.75) is 39.8 Å². The standard InChI is InChI=1S/C12H19N7O/c1-8(12-9(2)15-18(4)10(12)3)14-11(20)5-6-19-7-13-16-17-19/h7-8H,5-6H2,1-4H3,(H,14,20)/t8-/m1/s1. The predicted octanol–water partition coefficient (Wildman–Crippen LogP) is 0.291. The SMILES string of the molecule is Cc1nn(C)c(C)c1[C@@H](C)NC(=O)CCn1cnnn1. The van der Waals surface area contributed by atoms with Crippen molar-refractivity contribution in [2.24, 2.45) is 7.05 Å². The van der Waals surface area contributed by atoms with Crippen molar-refractivity contribution < 1.29 is 4.79 Å². The zero-order chi connectivity index (χ0) is 14.7. The zero-order valence-corrected chi connectivity index (χ0v) is 12.2. The number of tetrazole rings is 1. The first-order valence-electron chi connectivity index (χ1n) is 6.49. The molecule has 0 aliphatic rings. The number of hydrogen-bond acceptors (Lipinski definition) is 5. The quantitative estimate of drug-likeness (QED) is 0.848. The number of carbonyl (C=O) groups is 1. The van der Waals surface area contributed by atoms with E-state index in [1.165, 1.54) is 11.0 Å². The molecular weight excluding hydrogens is 258 g/mol. The summed E-state index contributed by atoms with van der Waals surface area (Å²) in [5, 5.41) is 18.1. The zero-order valence-electron chi connectivity index (χ0n) is 12.2. The van der Waals surface area contributed by atoms with Crippen LogP contribution in [0.2, 0.25) is 0 Å². The van der Waals surface area contributed by atoms with Gasteiger partial charge in [-0.05, 0) is 31.2 Å². The van der Waals surface area contributed by atoms with Crippen molar-refractivity contribution >= 4 is 5.91 Å². The van der Waals surface area contributed by atoms with Crippen LogP contribution in [-0.2, 0) is 18.4 Å². The maximum atomic E-state index is 11.9. The topological polar surface area (TPSA) is 90.5 Å². The summed E-state index contributed by atoms with van der Waals surface area (Å²) in [5.41, 5.74) is 3.08. The molecular formula is C12H19N7O. The van der Waals surface area contributed by atoms with E-state index in [4.69, 9.17) is 0 Å². The second kappa shape index (κ2) is 5.81. The van der Waals surface area contributed by atoms with Crippen LogP contribution in [0.3, 0.4) is 0 Å². The Bertz CT molecular complexity index is 587. The second-order valence-electron chi connectivity index (χ2n) is 4.82. The average Bonchev–Trinajstić information content (AvgIpc) is 2.96. The van der Waals surface area contributed by atoms with Crippen LogP contribution in [0.4, 0.5) is 0 Å². The van der Waals surface area contributed by atoms with Crippen molar-refractivity contribution in [3.05, 3.63) is 23.3 Å². The van der Waals surface area contributed by atoms with Crippen LogP contribution >= 0.6 is 0 Å². The van der Waals surface area contributed by atoms with Gasteiger partial charge in [0.15, 0.2) is 0 Å². The molecule has 2 aromatic heterocycles. The van der Waals surface area contributed by atoms with E-state index in [1.54, 1.807) is 0 Å². The number of amides is 1. The van der Waals surface area contributed by atoms with Gasteiger partial charge in [-0.2, -0.15) is 5.10 Å². The van der Waals surface area contributed by atoms with Crippen molar-refractivity contribution in [3.8, 4) is 0 Å². The van der Waals surface area contributed by atoms with Crippen LogP contribution in [0.25, 0.3) is 0 Å². The molecule has 0 radical (unpaired) electrons. The summed E-state index contributed by atoms with van der Waals surface area (Å²) in [5.74, 6) is -0.0318. The summed E-state index contributed by atoms with van der Waals surface area (Å²) in [7, 11) is 1.90. The van der Waals surface area contributed by atoms with Gasteiger partial charge in [-0.15, -0.1) is 5.10 Å². The molecule has 2 heterocycles. The van der Waals surface area contributed by atoms with Crippen molar-refractivity contribution in [1.82, 2.24) is 35.3 Å². The summed E-state index contributed by atoms with van der Waals surface area (Å²) in [6, 6.07) is -0.0647. The summed E-state index contributed by atoms with van der Waals surface area (Å²) in [4.78, 5) is 11.9. The van der Waals surface area contributed by atoms with Gasteiger partial charge in [0, 0.05) is 24.7 Å². The summed E-state index contributed by atoms with van der Waals surface area (Å²) < 4.78 is 3.36. The molecule has 0 saturated heterocycles. The molecule has 0 saturated carbocycles. The van der Waals surface area contributed by atoms with E-state index in [2.05, 4.69) is 25.9 Å². The first-order chi connectivity index (χ1) is 9.49. The Morgan fingerprint density at radius 2 is 2.20 bits per heavy atom. The Morgan fingerprint density at radius 3 is 2.75 bits per heavy atom. The van der Waals surface area contributed by atoms with Crippen molar-refractivity contribution in [3.63, 3.8) is 0 Å². The van der Waals surface area contributed by atoms with Crippen LogP contribution in [0.15, 0.2) is 6.33 Å². The summed E-state index contributed by atoms with van der Waals surface area (Å²) in [6.07, 6.45) is 1.83. The monoisotopic (exact) mass is 277 g/mol. The minimum atomic E-state index is -0.0647. The Labute approximate surface area is 117 Å². The molecule has 1 N–H and O–H groups in total. The number of aromatic nitrogens is 6. The molecule has 0 aromatic carbocycles. The first kappa shape index (κ1) is 14.2. The number of hydrogen-bond donors (Lipinski definition) is 1. The average molecular weight is 277 g/mol. The number of nitrogens with zero attached hydrogens (tertiary/aromatic N) is 6. The highest BCUT2D eigenvalue weighted by molar-refractivity contribution is 5.76. The van der Waals surface area contributed by atoms with Gasteiger partial charge in [-0.3, -0.25) is 9.48 Å². The summed E-state index contributed by atoms with van der Waals surface area (Å²) in [6.45, 7) is 6.38. The van der Waals surface area contributed by atoms with E-state index in [9.17, 15) is 4.79 Å². The van der Waals surface area contributed by atoms with Gasteiger partial charge in [0.2, 0.25) is 5.91 Å². The third-order valence-electron chi connectivity index (χ3n) is 3.33. The van der Waals surface area contributed by atoms with Gasteiger partial charge in [-0.25, -0.2) is 4.68 Å². The third kappa shape index (κ3) is 3.01. The predicted molar refractivity (Wildman–Crippen MR) is 71.7 cm³/mol. The molecule has 0 aliphatic heterocycles. The Kier molecular flexibility index (Phi) is 4.11. The lowest BCUT2D eigenvalue weighted by atomic mass is 10.1. The molecule has 0 fully saturated rings. The molecule has 20 heavy (non-hydrogen) atoms. The van der Waals surface area contributed by atoms with Gasteiger partial charge in [0.1, 0.15) is 6.33 Å². The molecule has 2 rings (SSSR count). The molecule has 8 heteroatoms.